The molecule has 2 aliphatic rings. The van der Waals surface area contributed by atoms with E-state index >= 15 is 0 Å². The second kappa shape index (κ2) is 9.49. The van der Waals surface area contributed by atoms with Crippen LogP contribution < -0.4 is 0 Å². The van der Waals surface area contributed by atoms with Crippen LogP contribution in [0.4, 0.5) is 0 Å². The van der Waals surface area contributed by atoms with Gasteiger partial charge >= 0.3 is 0 Å². The van der Waals surface area contributed by atoms with Crippen LogP contribution in [0.2, 0.25) is 0 Å². The lowest BCUT2D eigenvalue weighted by molar-refractivity contribution is -0.125. The first-order valence-electron chi connectivity index (χ1n) is 11.8. The Morgan fingerprint density at radius 1 is 1.17 bits per heavy atom. The standard InChI is InChI=1S/C27H28N4O4/c1-15-8-19(26-29-13-17(12-28)14-30-26)9-16(2)23(15)24-22(33)10-18(25(24)34)6-5-7-21(32)20-11-27(3,4)35-31-20/h8-9,13-14,18,24H,5-7,10-11H2,1-4H3. The monoisotopic (exact) mass is 472 g/mol. The van der Waals surface area contributed by atoms with Gasteiger partial charge in [0, 0.05) is 43.1 Å². The fourth-order valence-electron chi connectivity index (χ4n) is 4.95. The van der Waals surface area contributed by atoms with Gasteiger partial charge in [0.15, 0.2) is 17.4 Å². The molecule has 0 saturated heterocycles. The molecule has 0 N–H and O–H groups in total. The summed E-state index contributed by atoms with van der Waals surface area (Å²) in [6.07, 6.45) is 4.94. The van der Waals surface area contributed by atoms with Gasteiger partial charge in [-0.25, -0.2) is 9.97 Å². The first kappa shape index (κ1) is 24.4. The fourth-order valence-corrected chi connectivity index (χ4v) is 4.95. The number of hydrogen-bond acceptors (Lipinski definition) is 8. The molecule has 1 fully saturated rings. The van der Waals surface area contributed by atoms with E-state index in [4.69, 9.17) is 10.1 Å². The van der Waals surface area contributed by atoms with Crippen molar-refractivity contribution in [2.45, 2.75) is 71.3 Å². The predicted molar refractivity (Wildman–Crippen MR) is 129 cm³/mol. The van der Waals surface area contributed by atoms with Crippen molar-refractivity contribution in [2.24, 2.45) is 11.1 Å². The molecule has 8 nitrogen and oxygen atoms in total. The highest BCUT2D eigenvalue weighted by Crippen LogP contribution is 2.39. The van der Waals surface area contributed by atoms with Gasteiger partial charge in [-0.05, 0) is 69.4 Å². The molecular weight excluding hydrogens is 444 g/mol. The van der Waals surface area contributed by atoms with Crippen molar-refractivity contribution in [2.75, 3.05) is 0 Å². The number of carbonyl (C=O) groups is 3. The molecule has 2 aromatic rings. The molecule has 2 unspecified atom stereocenters. The molecule has 2 heterocycles. The molecule has 2 atom stereocenters. The summed E-state index contributed by atoms with van der Waals surface area (Å²) in [7, 11) is 0. The molecule has 0 radical (unpaired) electrons. The third kappa shape index (κ3) is 5.04. The Hall–Kier alpha value is -3.73. The van der Waals surface area contributed by atoms with E-state index in [-0.39, 0.29) is 36.1 Å². The lowest BCUT2D eigenvalue weighted by Gasteiger charge is -2.17. The predicted octanol–water partition coefficient (Wildman–Crippen LogP) is 4.17. The molecule has 0 amide bonds. The molecule has 4 rings (SSSR count). The Kier molecular flexibility index (Phi) is 6.62. The van der Waals surface area contributed by atoms with Gasteiger partial charge in [0.2, 0.25) is 0 Å². The van der Waals surface area contributed by atoms with Gasteiger partial charge < -0.3 is 4.84 Å². The van der Waals surface area contributed by atoms with Crippen molar-refractivity contribution >= 4 is 23.1 Å². The molecular formula is C27H28N4O4. The van der Waals surface area contributed by atoms with E-state index in [1.165, 1.54) is 12.4 Å². The van der Waals surface area contributed by atoms with Crippen molar-refractivity contribution < 1.29 is 19.2 Å². The van der Waals surface area contributed by atoms with Gasteiger partial charge in [-0.1, -0.05) is 5.16 Å². The van der Waals surface area contributed by atoms with Gasteiger partial charge in [0.1, 0.15) is 29.1 Å². The van der Waals surface area contributed by atoms with Crippen LogP contribution in [0, 0.1) is 31.1 Å². The number of aromatic nitrogens is 2. The van der Waals surface area contributed by atoms with Gasteiger partial charge in [-0.2, -0.15) is 5.26 Å². The van der Waals surface area contributed by atoms with Crippen LogP contribution in [0.25, 0.3) is 11.4 Å². The molecule has 1 aromatic carbocycles. The van der Waals surface area contributed by atoms with Gasteiger partial charge in [-0.15, -0.1) is 0 Å². The van der Waals surface area contributed by atoms with E-state index in [1.54, 1.807) is 0 Å². The van der Waals surface area contributed by atoms with E-state index in [2.05, 4.69) is 15.1 Å². The Morgan fingerprint density at radius 3 is 2.40 bits per heavy atom. The number of benzene rings is 1. The molecule has 0 spiro atoms. The molecule has 35 heavy (non-hydrogen) atoms. The van der Waals surface area contributed by atoms with E-state index in [0.29, 0.717) is 36.4 Å². The van der Waals surface area contributed by atoms with Crippen LogP contribution in [-0.4, -0.2) is 38.6 Å². The van der Waals surface area contributed by atoms with Crippen molar-refractivity contribution in [3.8, 4) is 17.5 Å². The first-order valence-corrected chi connectivity index (χ1v) is 11.8. The maximum atomic E-state index is 13.3. The Balaban J connectivity index is 1.44. The molecule has 8 heteroatoms. The van der Waals surface area contributed by atoms with E-state index in [0.717, 1.165) is 22.3 Å². The minimum atomic E-state index is -0.778. The van der Waals surface area contributed by atoms with Crippen LogP contribution in [0.15, 0.2) is 29.7 Å². The Bertz CT molecular complexity index is 1250. The third-order valence-corrected chi connectivity index (χ3v) is 6.65. The quantitative estimate of drug-likeness (QED) is 0.554. The highest BCUT2D eigenvalue weighted by Gasteiger charge is 2.43. The maximum absolute atomic E-state index is 13.3. The summed E-state index contributed by atoms with van der Waals surface area (Å²) in [5.74, 6) is -0.877. The van der Waals surface area contributed by atoms with E-state index < -0.39 is 11.5 Å². The smallest absolute Gasteiger partial charge is 0.180 e. The van der Waals surface area contributed by atoms with Crippen molar-refractivity contribution in [1.29, 1.82) is 5.26 Å². The summed E-state index contributed by atoms with van der Waals surface area (Å²) in [4.78, 5) is 52.4. The normalized spacial score (nSPS) is 20.9. The van der Waals surface area contributed by atoms with Crippen molar-refractivity contribution in [3.05, 3.63) is 46.8 Å². The average Bonchev–Trinajstić information content (AvgIpc) is 3.32. The summed E-state index contributed by atoms with van der Waals surface area (Å²) in [6, 6.07) is 5.75. The summed E-state index contributed by atoms with van der Waals surface area (Å²) in [5, 5.41) is 12.8. The first-order chi connectivity index (χ1) is 16.6. The van der Waals surface area contributed by atoms with Gasteiger partial charge in [-0.3, -0.25) is 14.4 Å². The number of oxime groups is 1. The molecule has 180 valence electrons. The third-order valence-electron chi connectivity index (χ3n) is 6.65. The van der Waals surface area contributed by atoms with Crippen LogP contribution >= 0.6 is 0 Å². The number of nitriles is 1. The van der Waals surface area contributed by atoms with Gasteiger partial charge in [0.25, 0.3) is 0 Å². The molecule has 1 aliphatic heterocycles. The number of ketones is 3. The van der Waals surface area contributed by atoms with Crippen LogP contribution in [0.5, 0.6) is 0 Å². The highest BCUT2D eigenvalue weighted by molar-refractivity contribution is 6.40. The number of Topliss-reactive ketones (excluding diaryl/α,β-unsaturated/α-hetero) is 3. The largest absolute Gasteiger partial charge is 0.389 e. The highest BCUT2D eigenvalue weighted by atomic mass is 16.7. The molecule has 1 saturated carbocycles. The molecule has 1 aliphatic carbocycles. The topological polar surface area (TPSA) is 122 Å². The number of rotatable bonds is 7. The summed E-state index contributed by atoms with van der Waals surface area (Å²) < 4.78 is 0. The van der Waals surface area contributed by atoms with Crippen molar-refractivity contribution in [1.82, 2.24) is 9.97 Å². The molecule has 1 aromatic heterocycles. The van der Waals surface area contributed by atoms with Crippen LogP contribution in [0.1, 0.15) is 74.1 Å². The van der Waals surface area contributed by atoms with Crippen LogP contribution in [0.3, 0.4) is 0 Å². The lowest BCUT2D eigenvalue weighted by atomic mass is 9.85. The average molecular weight is 473 g/mol. The second-order valence-electron chi connectivity index (χ2n) is 10.0. The number of aryl methyl sites for hydroxylation is 2. The van der Waals surface area contributed by atoms with Crippen molar-refractivity contribution in [3.63, 3.8) is 0 Å². The summed E-state index contributed by atoms with van der Waals surface area (Å²) >= 11 is 0. The van der Waals surface area contributed by atoms with E-state index in [1.807, 2.05) is 45.9 Å². The second-order valence-corrected chi connectivity index (χ2v) is 10.0. The zero-order valence-electron chi connectivity index (χ0n) is 20.4. The Labute approximate surface area is 204 Å². The Morgan fingerprint density at radius 2 is 1.83 bits per heavy atom. The number of hydrogen-bond donors (Lipinski definition) is 0. The minimum Gasteiger partial charge on any atom is -0.389 e. The summed E-state index contributed by atoms with van der Waals surface area (Å²) in [6.45, 7) is 7.53. The SMILES string of the molecule is Cc1cc(-c2ncc(C#N)cn2)cc(C)c1C1C(=O)CC(CCCC(=O)C2=NOC(C)(C)C2)C1=O. The minimum absolute atomic E-state index is 0.0591. The lowest BCUT2D eigenvalue weighted by Crippen LogP contribution is -2.22. The van der Waals surface area contributed by atoms with Gasteiger partial charge in [0.05, 0.1) is 5.56 Å². The van der Waals surface area contributed by atoms with E-state index in [9.17, 15) is 14.4 Å². The maximum Gasteiger partial charge on any atom is 0.180 e. The molecule has 0 bridgehead atoms. The summed E-state index contributed by atoms with van der Waals surface area (Å²) in [5.41, 5.74) is 3.54. The number of carbonyl (C=O) groups excluding carboxylic acids is 3. The zero-order chi connectivity index (χ0) is 25.3. The number of nitrogens with zero attached hydrogens (tertiary/aromatic N) is 4. The van der Waals surface area contributed by atoms with Crippen LogP contribution in [-0.2, 0) is 19.2 Å². The fraction of sp³-hybridized carbons (Fsp3) is 0.444. The zero-order valence-corrected chi connectivity index (χ0v) is 20.4.